The number of hydrogen-bond acceptors (Lipinski definition) is 5. The molecule has 0 radical (unpaired) electrons. The van der Waals surface area contributed by atoms with Crippen molar-refractivity contribution in [3.05, 3.63) is 53.0 Å². The minimum Gasteiger partial charge on any atom is -0.344 e. The molecule has 3 aromatic rings. The van der Waals surface area contributed by atoms with E-state index in [2.05, 4.69) is 15.8 Å². The third-order valence-corrected chi connectivity index (χ3v) is 4.61. The molecule has 2 aromatic heterocycles. The molecule has 26 heavy (non-hydrogen) atoms. The van der Waals surface area contributed by atoms with Crippen molar-refractivity contribution in [2.75, 3.05) is 12.4 Å². The van der Waals surface area contributed by atoms with Gasteiger partial charge in [-0.05, 0) is 43.2 Å². The highest BCUT2D eigenvalue weighted by atomic mass is 32.1. The molecule has 1 amide bonds. The fourth-order valence-electron chi connectivity index (χ4n) is 2.47. The van der Waals surface area contributed by atoms with E-state index in [1.54, 1.807) is 18.3 Å². The largest absolute Gasteiger partial charge is 0.344 e. The maximum atomic E-state index is 14.2. The number of aryl methyl sites for hydroxylation is 2. The molecule has 3 rings (SSSR count). The lowest BCUT2D eigenvalue weighted by molar-refractivity contribution is 0.0540. The average Bonchev–Trinajstić information content (AvgIpc) is 2.99. The number of thiophene rings is 1. The first-order chi connectivity index (χ1) is 12.5. The van der Waals surface area contributed by atoms with Gasteiger partial charge < -0.3 is 5.32 Å². The SMILES string of the molecule is CC.CONC(=O)c1c(Nc2ccc(C)cc2F)sc2nccc(C)c12. The van der Waals surface area contributed by atoms with Gasteiger partial charge >= 0.3 is 0 Å². The van der Waals surface area contributed by atoms with E-state index >= 15 is 0 Å². The zero-order chi connectivity index (χ0) is 19.3. The molecule has 2 N–H and O–H groups in total. The first-order valence-corrected chi connectivity index (χ1v) is 9.07. The first kappa shape index (κ1) is 19.8. The number of benzene rings is 1. The predicted octanol–water partition coefficient (Wildman–Crippen LogP) is 5.11. The summed E-state index contributed by atoms with van der Waals surface area (Å²) in [6, 6.07) is 6.72. The second kappa shape index (κ2) is 8.73. The van der Waals surface area contributed by atoms with Crippen molar-refractivity contribution in [1.82, 2.24) is 10.5 Å². The van der Waals surface area contributed by atoms with Crippen LogP contribution in [-0.2, 0) is 4.84 Å². The Labute approximate surface area is 156 Å². The number of fused-ring (bicyclic) bond motifs is 1. The predicted molar refractivity (Wildman–Crippen MR) is 105 cm³/mol. The van der Waals surface area contributed by atoms with E-state index in [1.807, 2.05) is 33.8 Å². The number of rotatable bonds is 4. The quantitative estimate of drug-likeness (QED) is 0.622. The molecule has 0 spiro atoms. The highest BCUT2D eigenvalue weighted by Crippen LogP contribution is 2.38. The second-order valence-corrected chi connectivity index (χ2v) is 6.36. The van der Waals surface area contributed by atoms with Crippen LogP contribution in [0.4, 0.5) is 15.1 Å². The standard InChI is InChI=1S/C17H16FN3O2S.C2H6/c1-9-4-5-12(11(18)8-9)20-17-14(15(22)21-23-3)13-10(2)6-7-19-16(13)24-17;1-2/h4-8,20H,1-3H3,(H,21,22);1-2H3. The molecule has 0 atom stereocenters. The lowest BCUT2D eigenvalue weighted by Gasteiger charge is -2.09. The number of nitrogens with zero attached hydrogens (tertiary/aromatic N) is 1. The van der Waals surface area contributed by atoms with Gasteiger partial charge in [-0.2, -0.15) is 0 Å². The van der Waals surface area contributed by atoms with Gasteiger partial charge in [0, 0.05) is 11.6 Å². The molecule has 7 heteroatoms. The normalized spacial score (nSPS) is 10.2. The Balaban J connectivity index is 0.00000117. The summed E-state index contributed by atoms with van der Waals surface area (Å²) < 4.78 is 14.2. The van der Waals surface area contributed by atoms with Gasteiger partial charge in [-0.15, -0.1) is 0 Å². The summed E-state index contributed by atoms with van der Waals surface area (Å²) in [5.41, 5.74) is 4.75. The van der Waals surface area contributed by atoms with Crippen molar-refractivity contribution in [3.8, 4) is 0 Å². The van der Waals surface area contributed by atoms with Crippen molar-refractivity contribution >= 4 is 38.1 Å². The number of carbonyl (C=O) groups excluding carboxylic acids is 1. The number of carbonyl (C=O) groups is 1. The van der Waals surface area contributed by atoms with Crippen LogP contribution in [0.5, 0.6) is 0 Å². The van der Waals surface area contributed by atoms with Crippen molar-refractivity contribution in [3.63, 3.8) is 0 Å². The number of nitrogens with one attached hydrogen (secondary N) is 2. The van der Waals surface area contributed by atoms with E-state index in [4.69, 9.17) is 4.84 Å². The number of anilines is 2. The molecule has 0 unspecified atom stereocenters. The average molecular weight is 375 g/mol. The lowest BCUT2D eigenvalue weighted by atomic mass is 10.1. The van der Waals surface area contributed by atoms with Crippen LogP contribution < -0.4 is 10.8 Å². The van der Waals surface area contributed by atoms with Gasteiger partial charge in [0.15, 0.2) is 0 Å². The molecule has 138 valence electrons. The molecule has 0 saturated heterocycles. The third kappa shape index (κ3) is 4.00. The molecule has 0 fully saturated rings. The van der Waals surface area contributed by atoms with Gasteiger partial charge in [-0.1, -0.05) is 31.3 Å². The minimum absolute atomic E-state index is 0.302. The van der Waals surface area contributed by atoms with E-state index in [0.717, 1.165) is 16.5 Å². The highest BCUT2D eigenvalue weighted by Gasteiger charge is 2.22. The Hall–Kier alpha value is -2.51. The summed E-state index contributed by atoms with van der Waals surface area (Å²) in [5.74, 6) is -0.787. The Morgan fingerprint density at radius 3 is 2.62 bits per heavy atom. The Kier molecular flexibility index (Phi) is 6.65. The van der Waals surface area contributed by atoms with Gasteiger partial charge in [0.1, 0.15) is 15.6 Å². The summed E-state index contributed by atoms with van der Waals surface area (Å²) >= 11 is 1.29. The van der Waals surface area contributed by atoms with Crippen LogP contribution in [-0.4, -0.2) is 18.0 Å². The van der Waals surface area contributed by atoms with Crippen molar-refractivity contribution < 1.29 is 14.0 Å². The molecule has 0 aliphatic rings. The molecule has 5 nitrogen and oxygen atoms in total. The summed E-state index contributed by atoms with van der Waals surface area (Å²) in [6.07, 6.45) is 1.68. The summed E-state index contributed by atoms with van der Waals surface area (Å²) in [5, 5.41) is 4.26. The maximum Gasteiger partial charge on any atom is 0.278 e. The van der Waals surface area contributed by atoms with E-state index < -0.39 is 5.91 Å². The monoisotopic (exact) mass is 375 g/mol. The van der Waals surface area contributed by atoms with Crippen LogP contribution in [0.15, 0.2) is 30.5 Å². The van der Waals surface area contributed by atoms with E-state index in [-0.39, 0.29) is 5.82 Å². The number of halogens is 1. The van der Waals surface area contributed by atoms with Gasteiger partial charge in [-0.25, -0.2) is 14.9 Å². The van der Waals surface area contributed by atoms with E-state index in [9.17, 15) is 9.18 Å². The molecule has 2 heterocycles. The summed E-state index contributed by atoms with van der Waals surface area (Å²) in [4.78, 5) is 22.2. The summed E-state index contributed by atoms with van der Waals surface area (Å²) in [7, 11) is 1.37. The van der Waals surface area contributed by atoms with Crippen LogP contribution >= 0.6 is 11.3 Å². The van der Waals surface area contributed by atoms with Gasteiger partial charge in [-0.3, -0.25) is 9.63 Å². The molecular formula is C19H22FN3O2S. The van der Waals surface area contributed by atoms with Crippen molar-refractivity contribution in [2.24, 2.45) is 0 Å². The molecular weight excluding hydrogens is 353 g/mol. The second-order valence-electron chi connectivity index (χ2n) is 5.36. The molecule has 0 aliphatic carbocycles. The first-order valence-electron chi connectivity index (χ1n) is 8.26. The molecule has 0 saturated carbocycles. The van der Waals surface area contributed by atoms with E-state index in [0.29, 0.717) is 21.1 Å². The Bertz CT molecular complexity index is 925. The Morgan fingerprint density at radius 2 is 1.96 bits per heavy atom. The highest BCUT2D eigenvalue weighted by molar-refractivity contribution is 7.23. The van der Waals surface area contributed by atoms with Crippen LogP contribution in [0.25, 0.3) is 10.2 Å². The number of pyridine rings is 1. The fourth-order valence-corrected chi connectivity index (χ4v) is 3.60. The zero-order valence-electron chi connectivity index (χ0n) is 15.4. The molecule has 0 bridgehead atoms. The maximum absolute atomic E-state index is 14.2. The summed E-state index contributed by atoms with van der Waals surface area (Å²) in [6.45, 7) is 7.72. The van der Waals surface area contributed by atoms with Gasteiger partial charge in [0.2, 0.25) is 0 Å². The van der Waals surface area contributed by atoms with Crippen LogP contribution in [0.1, 0.15) is 35.3 Å². The number of amides is 1. The van der Waals surface area contributed by atoms with E-state index in [1.165, 1.54) is 24.5 Å². The third-order valence-electron chi connectivity index (χ3n) is 3.59. The fraction of sp³-hybridized carbons (Fsp3) is 0.263. The van der Waals surface area contributed by atoms with Crippen molar-refractivity contribution in [2.45, 2.75) is 27.7 Å². The van der Waals surface area contributed by atoms with Crippen molar-refractivity contribution in [1.29, 1.82) is 0 Å². The smallest absolute Gasteiger partial charge is 0.278 e. The van der Waals surface area contributed by atoms with Gasteiger partial charge in [0.25, 0.3) is 5.91 Å². The number of aromatic nitrogens is 1. The van der Waals surface area contributed by atoms with Gasteiger partial charge in [0.05, 0.1) is 18.4 Å². The Morgan fingerprint density at radius 1 is 1.23 bits per heavy atom. The number of hydrogen-bond donors (Lipinski definition) is 2. The topological polar surface area (TPSA) is 63.2 Å². The van der Waals surface area contributed by atoms with Crippen LogP contribution in [0, 0.1) is 19.7 Å². The van der Waals surface area contributed by atoms with Crippen LogP contribution in [0.2, 0.25) is 0 Å². The minimum atomic E-state index is -0.408. The molecule has 0 aliphatic heterocycles. The molecule has 1 aromatic carbocycles. The van der Waals surface area contributed by atoms with Crippen LogP contribution in [0.3, 0.4) is 0 Å². The number of hydroxylamine groups is 1. The lowest BCUT2D eigenvalue weighted by Crippen LogP contribution is -2.22. The zero-order valence-corrected chi connectivity index (χ0v) is 16.3.